The number of aryl methyl sites for hydroxylation is 1. The quantitative estimate of drug-likeness (QED) is 0.441. The zero-order valence-electron chi connectivity index (χ0n) is 19.4. The maximum absolute atomic E-state index is 13.3. The van der Waals surface area contributed by atoms with Crippen LogP contribution in [0.3, 0.4) is 0 Å². The average Bonchev–Trinajstić information content (AvgIpc) is 3.57. The summed E-state index contributed by atoms with van der Waals surface area (Å²) in [4.78, 5) is 15.4. The second-order valence-electron chi connectivity index (χ2n) is 9.19. The molecule has 0 saturated heterocycles. The molecule has 0 atom stereocenters. The molecule has 3 aromatic rings. The van der Waals surface area contributed by atoms with Crippen LogP contribution in [-0.2, 0) is 18.4 Å². The molecule has 2 aromatic carbocycles. The predicted octanol–water partition coefficient (Wildman–Crippen LogP) is 5.43. The number of hydrogen-bond acceptors (Lipinski definition) is 4. The third-order valence-corrected chi connectivity index (χ3v) is 6.70. The van der Waals surface area contributed by atoms with Crippen LogP contribution in [-0.4, -0.2) is 34.2 Å². The summed E-state index contributed by atoms with van der Waals surface area (Å²) in [6.45, 7) is 1.33. The number of rotatable bonds is 9. The monoisotopic (exact) mass is 445 g/mol. The van der Waals surface area contributed by atoms with Gasteiger partial charge in [-0.25, -0.2) is 4.68 Å². The second-order valence-corrected chi connectivity index (χ2v) is 9.19. The molecule has 6 heteroatoms. The van der Waals surface area contributed by atoms with Crippen LogP contribution in [0.5, 0.6) is 17.4 Å². The van der Waals surface area contributed by atoms with E-state index in [2.05, 4.69) is 17.0 Å². The van der Waals surface area contributed by atoms with E-state index in [1.54, 1.807) is 11.8 Å². The first kappa shape index (κ1) is 21.6. The van der Waals surface area contributed by atoms with E-state index < -0.39 is 0 Å². The minimum Gasteiger partial charge on any atom is -0.497 e. The number of carbonyl (C=O) groups is 1. The van der Waals surface area contributed by atoms with Gasteiger partial charge in [-0.1, -0.05) is 36.8 Å². The Morgan fingerprint density at radius 2 is 1.73 bits per heavy atom. The Kier molecular flexibility index (Phi) is 6.07. The number of aromatic nitrogens is 2. The SMILES string of the molecule is COc1ccc(Oc2c(CN(CC3CC3)C(=O)C3CCC3)c(-c3ccccc3)nn2C)cc1. The standard InChI is InChI=1S/C27H31N3O3/c1-29-27(33-23-15-13-22(32-2)14-16-23)24(25(28-29)20-7-4-3-5-8-20)18-30(17-19-11-12-19)26(31)21-9-6-10-21/h3-5,7-8,13-16,19,21H,6,9-12,17-18H2,1-2H3. The van der Waals surface area contributed by atoms with Gasteiger partial charge in [0.25, 0.3) is 0 Å². The van der Waals surface area contributed by atoms with Crippen molar-refractivity contribution in [1.29, 1.82) is 0 Å². The lowest BCUT2D eigenvalue weighted by atomic mass is 9.84. The molecule has 5 rings (SSSR count). The summed E-state index contributed by atoms with van der Waals surface area (Å²) < 4.78 is 13.4. The molecule has 1 amide bonds. The van der Waals surface area contributed by atoms with Crippen molar-refractivity contribution in [2.75, 3.05) is 13.7 Å². The van der Waals surface area contributed by atoms with Gasteiger partial charge in [-0.2, -0.15) is 5.10 Å². The van der Waals surface area contributed by atoms with Crippen LogP contribution in [0.15, 0.2) is 54.6 Å². The van der Waals surface area contributed by atoms with E-state index in [4.69, 9.17) is 14.6 Å². The van der Waals surface area contributed by atoms with Gasteiger partial charge in [-0.05, 0) is 55.9 Å². The number of carbonyl (C=O) groups excluding carboxylic acids is 1. The largest absolute Gasteiger partial charge is 0.497 e. The van der Waals surface area contributed by atoms with Crippen LogP contribution in [0.25, 0.3) is 11.3 Å². The highest BCUT2D eigenvalue weighted by molar-refractivity contribution is 5.80. The maximum Gasteiger partial charge on any atom is 0.225 e. The zero-order valence-corrected chi connectivity index (χ0v) is 19.4. The van der Waals surface area contributed by atoms with Crippen molar-refractivity contribution in [3.8, 4) is 28.6 Å². The van der Waals surface area contributed by atoms with Crippen LogP contribution in [0.2, 0.25) is 0 Å². The van der Waals surface area contributed by atoms with Gasteiger partial charge in [-0.15, -0.1) is 0 Å². The molecule has 0 spiro atoms. The third kappa shape index (κ3) is 4.75. The summed E-state index contributed by atoms with van der Waals surface area (Å²) in [6.07, 6.45) is 5.59. The summed E-state index contributed by atoms with van der Waals surface area (Å²) in [6, 6.07) is 17.7. The fourth-order valence-corrected chi connectivity index (χ4v) is 4.35. The Bertz CT molecular complexity index is 1100. The Hall–Kier alpha value is -3.28. The molecule has 1 heterocycles. The lowest BCUT2D eigenvalue weighted by molar-refractivity contribution is -0.139. The van der Waals surface area contributed by atoms with E-state index in [1.165, 1.54) is 12.8 Å². The summed E-state index contributed by atoms with van der Waals surface area (Å²) in [7, 11) is 3.54. The predicted molar refractivity (Wildman–Crippen MR) is 127 cm³/mol. The number of benzene rings is 2. The topological polar surface area (TPSA) is 56.6 Å². The smallest absolute Gasteiger partial charge is 0.225 e. The van der Waals surface area contributed by atoms with Gasteiger partial charge in [0.05, 0.1) is 19.2 Å². The second kappa shape index (κ2) is 9.30. The summed E-state index contributed by atoms with van der Waals surface area (Å²) in [5.41, 5.74) is 2.84. The normalized spacial score (nSPS) is 15.7. The van der Waals surface area contributed by atoms with E-state index >= 15 is 0 Å². The molecular formula is C27H31N3O3. The van der Waals surface area contributed by atoms with E-state index in [9.17, 15) is 4.79 Å². The van der Waals surface area contributed by atoms with E-state index in [1.807, 2.05) is 49.5 Å². The van der Waals surface area contributed by atoms with Crippen molar-refractivity contribution in [1.82, 2.24) is 14.7 Å². The Morgan fingerprint density at radius 1 is 1.03 bits per heavy atom. The maximum atomic E-state index is 13.3. The highest BCUT2D eigenvalue weighted by Crippen LogP contribution is 2.38. The minimum absolute atomic E-state index is 0.173. The summed E-state index contributed by atoms with van der Waals surface area (Å²) >= 11 is 0. The Labute approximate surface area is 195 Å². The molecule has 0 unspecified atom stereocenters. The first-order valence-corrected chi connectivity index (χ1v) is 11.8. The Balaban J connectivity index is 1.51. The van der Waals surface area contributed by atoms with Gasteiger partial charge in [0, 0.05) is 25.1 Å². The fourth-order valence-electron chi connectivity index (χ4n) is 4.35. The van der Waals surface area contributed by atoms with Crippen LogP contribution in [0.4, 0.5) is 0 Å². The molecule has 0 aliphatic heterocycles. The molecular weight excluding hydrogens is 414 g/mol. The van der Waals surface area contributed by atoms with E-state index in [0.717, 1.165) is 48.4 Å². The van der Waals surface area contributed by atoms with Crippen molar-refractivity contribution in [3.63, 3.8) is 0 Å². The molecule has 2 saturated carbocycles. The van der Waals surface area contributed by atoms with Crippen molar-refractivity contribution in [2.24, 2.45) is 18.9 Å². The summed E-state index contributed by atoms with van der Waals surface area (Å²) in [5.74, 6) is 3.23. The molecule has 1 aromatic heterocycles. The zero-order chi connectivity index (χ0) is 22.8. The van der Waals surface area contributed by atoms with Gasteiger partial charge in [-0.3, -0.25) is 4.79 Å². The molecule has 6 nitrogen and oxygen atoms in total. The van der Waals surface area contributed by atoms with Crippen LogP contribution >= 0.6 is 0 Å². The Morgan fingerprint density at radius 3 is 2.33 bits per heavy atom. The average molecular weight is 446 g/mol. The minimum atomic E-state index is 0.173. The molecule has 2 aliphatic rings. The lowest BCUT2D eigenvalue weighted by Crippen LogP contribution is -2.39. The van der Waals surface area contributed by atoms with Gasteiger partial charge < -0.3 is 14.4 Å². The first-order chi connectivity index (χ1) is 16.1. The highest BCUT2D eigenvalue weighted by Gasteiger charge is 2.34. The van der Waals surface area contributed by atoms with Gasteiger partial charge in [0.15, 0.2) is 0 Å². The number of methoxy groups -OCH3 is 1. The molecule has 33 heavy (non-hydrogen) atoms. The fraction of sp³-hybridized carbons (Fsp3) is 0.407. The van der Waals surface area contributed by atoms with Crippen molar-refractivity contribution in [3.05, 3.63) is 60.2 Å². The van der Waals surface area contributed by atoms with Gasteiger partial charge in [0.1, 0.15) is 17.2 Å². The van der Waals surface area contributed by atoms with Crippen molar-refractivity contribution in [2.45, 2.75) is 38.6 Å². The molecule has 0 N–H and O–H groups in total. The third-order valence-electron chi connectivity index (χ3n) is 6.70. The molecule has 172 valence electrons. The molecule has 2 fully saturated rings. The van der Waals surface area contributed by atoms with Crippen LogP contribution in [0.1, 0.15) is 37.7 Å². The lowest BCUT2D eigenvalue weighted by Gasteiger charge is -2.32. The molecule has 0 bridgehead atoms. The highest BCUT2D eigenvalue weighted by atomic mass is 16.5. The number of nitrogens with zero attached hydrogens (tertiary/aromatic N) is 3. The van der Waals surface area contributed by atoms with E-state index in [-0.39, 0.29) is 11.8 Å². The number of hydrogen-bond donors (Lipinski definition) is 0. The van der Waals surface area contributed by atoms with E-state index in [0.29, 0.717) is 24.1 Å². The van der Waals surface area contributed by atoms with Crippen molar-refractivity contribution < 1.29 is 14.3 Å². The molecule has 0 radical (unpaired) electrons. The number of amides is 1. The summed E-state index contributed by atoms with van der Waals surface area (Å²) in [5, 5.41) is 4.83. The van der Waals surface area contributed by atoms with Crippen molar-refractivity contribution >= 4 is 5.91 Å². The van der Waals surface area contributed by atoms with Crippen LogP contribution < -0.4 is 9.47 Å². The van der Waals surface area contributed by atoms with Gasteiger partial charge in [0.2, 0.25) is 11.8 Å². The first-order valence-electron chi connectivity index (χ1n) is 11.8. The number of ether oxygens (including phenoxy) is 2. The molecule has 2 aliphatic carbocycles. The van der Waals surface area contributed by atoms with Crippen LogP contribution in [0, 0.1) is 11.8 Å². The van der Waals surface area contributed by atoms with Gasteiger partial charge >= 0.3 is 0 Å².